The Hall–Kier alpha value is -1.07. The van der Waals surface area contributed by atoms with Crippen LogP contribution < -0.4 is 0 Å². The molecule has 0 amide bonds. The average Bonchev–Trinajstić information content (AvgIpc) is 2.18. The van der Waals surface area contributed by atoms with E-state index in [1.165, 1.54) is 6.26 Å². The number of aromatic nitrogens is 3. The SMILES string of the molecule is CS(=O)c1ncc2ccnc(Cl)c2n1. The van der Waals surface area contributed by atoms with Crippen LogP contribution in [0.3, 0.4) is 0 Å². The molecule has 0 aliphatic heterocycles. The number of halogens is 1. The highest BCUT2D eigenvalue weighted by Gasteiger charge is 2.06. The second kappa shape index (κ2) is 3.59. The maximum absolute atomic E-state index is 11.1. The predicted octanol–water partition coefficient (Wildman–Crippen LogP) is 1.42. The van der Waals surface area contributed by atoms with Gasteiger partial charge in [0.1, 0.15) is 5.52 Å². The lowest BCUT2D eigenvalue weighted by molar-refractivity contribution is 0.680. The summed E-state index contributed by atoms with van der Waals surface area (Å²) in [5.41, 5.74) is 0.536. The summed E-state index contributed by atoms with van der Waals surface area (Å²) in [6.45, 7) is 0. The lowest BCUT2D eigenvalue weighted by atomic mass is 10.3. The van der Waals surface area contributed by atoms with Crippen molar-refractivity contribution in [3.05, 3.63) is 23.6 Å². The summed E-state index contributed by atoms with van der Waals surface area (Å²) in [7, 11) is -1.20. The Morgan fingerprint density at radius 1 is 1.43 bits per heavy atom. The summed E-state index contributed by atoms with van der Waals surface area (Å²) >= 11 is 5.83. The monoisotopic (exact) mass is 227 g/mol. The molecule has 0 saturated carbocycles. The highest BCUT2D eigenvalue weighted by Crippen LogP contribution is 2.18. The van der Waals surface area contributed by atoms with E-state index in [-0.39, 0.29) is 5.16 Å². The van der Waals surface area contributed by atoms with Crippen molar-refractivity contribution in [2.75, 3.05) is 6.26 Å². The molecule has 6 heteroatoms. The lowest BCUT2D eigenvalue weighted by Crippen LogP contribution is -1.97. The Morgan fingerprint density at radius 2 is 2.21 bits per heavy atom. The third-order valence-electron chi connectivity index (χ3n) is 1.69. The topological polar surface area (TPSA) is 55.7 Å². The van der Waals surface area contributed by atoms with Crippen molar-refractivity contribution >= 4 is 33.3 Å². The van der Waals surface area contributed by atoms with Gasteiger partial charge in [0.05, 0.1) is 10.8 Å². The third-order valence-corrected chi connectivity index (χ3v) is 2.68. The number of rotatable bonds is 1. The van der Waals surface area contributed by atoms with Crippen LogP contribution in [0.5, 0.6) is 0 Å². The van der Waals surface area contributed by atoms with Gasteiger partial charge in [-0.15, -0.1) is 0 Å². The Labute approximate surface area is 87.8 Å². The van der Waals surface area contributed by atoms with E-state index in [2.05, 4.69) is 15.0 Å². The Morgan fingerprint density at radius 3 is 2.93 bits per heavy atom. The molecule has 2 heterocycles. The van der Waals surface area contributed by atoms with Crippen molar-refractivity contribution in [1.29, 1.82) is 0 Å². The van der Waals surface area contributed by atoms with E-state index >= 15 is 0 Å². The summed E-state index contributed by atoms with van der Waals surface area (Å²) in [6, 6.07) is 1.75. The van der Waals surface area contributed by atoms with Gasteiger partial charge in [-0.3, -0.25) is 4.21 Å². The van der Waals surface area contributed by atoms with E-state index in [0.29, 0.717) is 10.7 Å². The first kappa shape index (κ1) is 9.48. The zero-order chi connectivity index (χ0) is 10.1. The maximum Gasteiger partial charge on any atom is 0.218 e. The molecule has 14 heavy (non-hydrogen) atoms. The summed E-state index contributed by atoms with van der Waals surface area (Å²) in [5, 5.41) is 1.36. The molecule has 2 rings (SSSR count). The van der Waals surface area contributed by atoms with Crippen LogP contribution in [0.15, 0.2) is 23.6 Å². The highest BCUT2D eigenvalue weighted by atomic mass is 35.5. The minimum atomic E-state index is -1.20. The van der Waals surface area contributed by atoms with Gasteiger partial charge in [-0.05, 0) is 6.07 Å². The van der Waals surface area contributed by atoms with Crippen LogP contribution in [-0.4, -0.2) is 25.4 Å². The van der Waals surface area contributed by atoms with Gasteiger partial charge in [0.2, 0.25) is 5.16 Å². The van der Waals surface area contributed by atoms with Crippen LogP contribution in [0.25, 0.3) is 10.9 Å². The van der Waals surface area contributed by atoms with Gasteiger partial charge in [0.15, 0.2) is 5.15 Å². The summed E-state index contributed by atoms with van der Waals surface area (Å²) < 4.78 is 11.1. The molecule has 2 aromatic rings. The average molecular weight is 228 g/mol. The van der Waals surface area contributed by atoms with Crippen molar-refractivity contribution in [1.82, 2.24) is 15.0 Å². The van der Waals surface area contributed by atoms with E-state index in [1.807, 2.05) is 0 Å². The Bertz CT molecular complexity index is 517. The normalized spacial score (nSPS) is 13.0. The van der Waals surface area contributed by atoms with Gasteiger partial charge < -0.3 is 0 Å². The van der Waals surface area contributed by atoms with Crippen molar-refractivity contribution in [3.8, 4) is 0 Å². The molecular formula is C8H6ClN3OS. The molecule has 0 fully saturated rings. The van der Waals surface area contributed by atoms with Gasteiger partial charge in [0.25, 0.3) is 0 Å². The van der Waals surface area contributed by atoms with E-state index in [4.69, 9.17) is 11.6 Å². The first-order valence-electron chi connectivity index (χ1n) is 3.79. The van der Waals surface area contributed by atoms with E-state index in [0.717, 1.165) is 5.39 Å². The quantitative estimate of drug-likeness (QED) is 0.546. The molecule has 1 unspecified atom stereocenters. The van der Waals surface area contributed by atoms with Gasteiger partial charge in [0, 0.05) is 24.0 Å². The van der Waals surface area contributed by atoms with Crippen LogP contribution in [0.4, 0.5) is 0 Å². The van der Waals surface area contributed by atoms with Gasteiger partial charge >= 0.3 is 0 Å². The second-order valence-electron chi connectivity index (χ2n) is 2.65. The van der Waals surface area contributed by atoms with Gasteiger partial charge in [-0.1, -0.05) is 11.6 Å². The largest absolute Gasteiger partial charge is 0.251 e. The summed E-state index contributed by atoms with van der Waals surface area (Å²) in [6.07, 6.45) is 4.69. The summed E-state index contributed by atoms with van der Waals surface area (Å²) in [5.74, 6) is 0. The van der Waals surface area contributed by atoms with Crippen LogP contribution in [-0.2, 0) is 10.8 Å². The highest BCUT2D eigenvalue weighted by molar-refractivity contribution is 7.84. The molecule has 0 aliphatic rings. The van der Waals surface area contributed by atoms with E-state index < -0.39 is 10.8 Å². The second-order valence-corrected chi connectivity index (χ2v) is 4.28. The van der Waals surface area contributed by atoms with Crippen LogP contribution in [0, 0.1) is 0 Å². The molecule has 0 spiro atoms. The Kier molecular flexibility index (Phi) is 2.43. The zero-order valence-corrected chi connectivity index (χ0v) is 8.84. The molecule has 1 atom stereocenters. The molecule has 0 aromatic carbocycles. The number of hydrogen-bond acceptors (Lipinski definition) is 4. The summed E-state index contributed by atoms with van der Waals surface area (Å²) in [4.78, 5) is 11.9. The fraction of sp³-hybridized carbons (Fsp3) is 0.125. The van der Waals surface area contributed by atoms with Crippen LogP contribution in [0.2, 0.25) is 5.15 Å². The molecule has 0 saturated heterocycles. The fourth-order valence-electron chi connectivity index (χ4n) is 1.04. The third kappa shape index (κ3) is 1.60. The molecular weight excluding hydrogens is 222 g/mol. The number of nitrogens with zero attached hydrogens (tertiary/aromatic N) is 3. The van der Waals surface area contributed by atoms with Gasteiger partial charge in [-0.2, -0.15) is 0 Å². The van der Waals surface area contributed by atoms with E-state index in [1.54, 1.807) is 18.5 Å². The number of hydrogen-bond donors (Lipinski definition) is 0. The first-order chi connectivity index (χ1) is 6.68. The van der Waals surface area contributed by atoms with Gasteiger partial charge in [-0.25, -0.2) is 15.0 Å². The minimum Gasteiger partial charge on any atom is -0.251 e. The fourth-order valence-corrected chi connectivity index (χ4v) is 1.67. The standard InChI is InChI=1S/C8H6ClN3OS/c1-14(13)8-11-4-5-2-3-10-7(9)6(5)12-8/h2-4H,1H3. The predicted molar refractivity (Wildman–Crippen MR) is 54.7 cm³/mol. The van der Waals surface area contributed by atoms with Crippen molar-refractivity contribution in [2.24, 2.45) is 0 Å². The van der Waals surface area contributed by atoms with Crippen LogP contribution in [0.1, 0.15) is 0 Å². The Balaban J connectivity index is 2.76. The smallest absolute Gasteiger partial charge is 0.218 e. The number of fused-ring (bicyclic) bond motifs is 1. The zero-order valence-electron chi connectivity index (χ0n) is 7.27. The van der Waals surface area contributed by atoms with Crippen LogP contribution >= 0.6 is 11.6 Å². The molecule has 0 N–H and O–H groups in total. The molecule has 4 nitrogen and oxygen atoms in total. The lowest BCUT2D eigenvalue weighted by Gasteiger charge is -1.99. The van der Waals surface area contributed by atoms with Crippen molar-refractivity contribution in [2.45, 2.75) is 5.16 Å². The minimum absolute atomic E-state index is 0.271. The van der Waals surface area contributed by atoms with Crippen molar-refractivity contribution in [3.63, 3.8) is 0 Å². The molecule has 2 aromatic heterocycles. The molecule has 0 aliphatic carbocycles. The molecule has 72 valence electrons. The molecule has 0 radical (unpaired) electrons. The number of pyridine rings is 1. The van der Waals surface area contributed by atoms with E-state index in [9.17, 15) is 4.21 Å². The first-order valence-corrected chi connectivity index (χ1v) is 5.73. The maximum atomic E-state index is 11.1. The molecule has 0 bridgehead atoms. The van der Waals surface area contributed by atoms with Crippen molar-refractivity contribution < 1.29 is 4.21 Å².